The number of hydrogen-bond acceptors (Lipinski definition) is 2. The molecule has 3 rings (SSSR count). The van der Waals surface area contributed by atoms with E-state index in [2.05, 4.69) is 12.2 Å². The minimum absolute atomic E-state index is 0.101. The highest BCUT2D eigenvalue weighted by molar-refractivity contribution is 6.15. The molecule has 1 aliphatic heterocycles. The van der Waals surface area contributed by atoms with Crippen molar-refractivity contribution in [3.05, 3.63) is 23.8 Å². The van der Waals surface area contributed by atoms with Gasteiger partial charge in [-0.15, -0.1) is 0 Å². The van der Waals surface area contributed by atoms with Crippen LogP contribution in [0.1, 0.15) is 71.1 Å². The van der Waals surface area contributed by atoms with Gasteiger partial charge in [-0.1, -0.05) is 50.7 Å². The third-order valence-electron chi connectivity index (χ3n) is 6.06. The van der Waals surface area contributed by atoms with E-state index < -0.39 is 0 Å². The minimum atomic E-state index is -0.132. The Labute approximate surface area is 146 Å². The van der Waals surface area contributed by atoms with Gasteiger partial charge in [0.25, 0.3) is 11.8 Å². The topological polar surface area (TPSA) is 37.4 Å². The summed E-state index contributed by atoms with van der Waals surface area (Å²) in [5.41, 5.74) is 0.575. The molecule has 0 aromatic rings. The zero-order chi connectivity index (χ0) is 16.9. The van der Waals surface area contributed by atoms with Crippen LogP contribution in [0.2, 0.25) is 0 Å². The predicted octanol–water partition coefficient (Wildman–Crippen LogP) is 4.63. The summed E-state index contributed by atoms with van der Waals surface area (Å²) >= 11 is 0. The van der Waals surface area contributed by atoms with Crippen molar-refractivity contribution in [1.82, 2.24) is 4.90 Å². The molecule has 3 atom stereocenters. The zero-order valence-corrected chi connectivity index (χ0v) is 15.0. The molecule has 1 fully saturated rings. The van der Waals surface area contributed by atoms with Crippen LogP contribution in [0.25, 0.3) is 0 Å². The van der Waals surface area contributed by atoms with Crippen molar-refractivity contribution in [2.75, 3.05) is 6.54 Å². The fourth-order valence-corrected chi connectivity index (χ4v) is 4.64. The number of nitrogens with zero attached hydrogens (tertiary/aromatic N) is 1. The van der Waals surface area contributed by atoms with E-state index in [1.54, 1.807) is 6.92 Å². The number of imide groups is 1. The van der Waals surface area contributed by atoms with Gasteiger partial charge < -0.3 is 0 Å². The first-order valence-electron chi connectivity index (χ1n) is 9.87. The van der Waals surface area contributed by atoms with Crippen molar-refractivity contribution in [1.29, 1.82) is 0 Å². The molecule has 3 nitrogen and oxygen atoms in total. The maximum atomic E-state index is 11.7. The van der Waals surface area contributed by atoms with E-state index in [1.165, 1.54) is 62.3 Å². The van der Waals surface area contributed by atoms with E-state index in [0.717, 1.165) is 30.6 Å². The van der Waals surface area contributed by atoms with Crippen molar-refractivity contribution >= 4 is 11.8 Å². The number of amides is 2. The van der Waals surface area contributed by atoms with Crippen LogP contribution >= 0.6 is 0 Å². The monoisotopic (exact) mass is 329 g/mol. The SMILES string of the molecule is CC1=CC(=O)N(CCCCCCCCCC2CC3C=CC2C3)C1=O. The van der Waals surface area contributed by atoms with E-state index in [9.17, 15) is 9.59 Å². The van der Waals surface area contributed by atoms with Gasteiger partial charge >= 0.3 is 0 Å². The van der Waals surface area contributed by atoms with Crippen molar-refractivity contribution in [2.24, 2.45) is 17.8 Å². The Morgan fingerprint density at radius 2 is 1.67 bits per heavy atom. The van der Waals surface area contributed by atoms with Crippen LogP contribution in [0.4, 0.5) is 0 Å². The zero-order valence-electron chi connectivity index (χ0n) is 15.0. The molecule has 2 bridgehead atoms. The van der Waals surface area contributed by atoms with E-state index in [1.807, 2.05) is 0 Å². The molecule has 1 heterocycles. The lowest BCUT2D eigenvalue weighted by Crippen LogP contribution is -2.31. The Morgan fingerprint density at radius 1 is 0.958 bits per heavy atom. The second kappa shape index (κ2) is 8.13. The van der Waals surface area contributed by atoms with Crippen LogP contribution in [-0.2, 0) is 9.59 Å². The van der Waals surface area contributed by atoms with Crippen LogP contribution in [-0.4, -0.2) is 23.3 Å². The molecule has 0 radical (unpaired) electrons. The lowest BCUT2D eigenvalue weighted by molar-refractivity contribution is -0.137. The Kier molecular flexibility index (Phi) is 5.91. The van der Waals surface area contributed by atoms with Gasteiger partial charge in [-0.05, 0) is 50.4 Å². The third-order valence-corrected chi connectivity index (χ3v) is 6.06. The smallest absolute Gasteiger partial charge is 0.256 e. The van der Waals surface area contributed by atoms with Crippen LogP contribution in [0.5, 0.6) is 0 Å². The summed E-state index contributed by atoms with van der Waals surface area (Å²) in [4.78, 5) is 24.7. The number of carbonyl (C=O) groups is 2. The maximum Gasteiger partial charge on any atom is 0.256 e. The standard InChI is InChI=1S/C21H31NO2/c1-16-13-20(23)22(21(16)24)12-8-6-4-2-3-5-7-9-18-14-17-10-11-19(18)15-17/h10-11,13,17-19H,2-9,12,14-15H2,1H3. The summed E-state index contributed by atoms with van der Waals surface area (Å²) in [6.07, 6.45) is 19.3. The molecule has 3 heteroatoms. The Hall–Kier alpha value is -1.38. The number of allylic oxidation sites excluding steroid dienone is 2. The van der Waals surface area contributed by atoms with Gasteiger partial charge in [-0.3, -0.25) is 14.5 Å². The summed E-state index contributed by atoms with van der Waals surface area (Å²) in [7, 11) is 0. The number of hydrogen-bond donors (Lipinski definition) is 0. The number of fused-ring (bicyclic) bond motifs is 2. The highest BCUT2D eigenvalue weighted by Gasteiger charge is 2.34. The van der Waals surface area contributed by atoms with E-state index in [4.69, 9.17) is 0 Å². The lowest BCUT2D eigenvalue weighted by atomic mass is 9.88. The fraction of sp³-hybridized carbons (Fsp3) is 0.714. The summed E-state index contributed by atoms with van der Waals surface area (Å²) in [5.74, 6) is 2.56. The Morgan fingerprint density at radius 3 is 2.25 bits per heavy atom. The fourth-order valence-electron chi connectivity index (χ4n) is 4.64. The Balaban J connectivity index is 1.15. The van der Waals surface area contributed by atoms with Crippen LogP contribution < -0.4 is 0 Å². The van der Waals surface area contributed by atoms with Crippen LogP contribution in [0.15, 0.2) is 23.8 Å². The lowest BCUT2D eigenvalue weighted by Gasteiger charge is -2.17. The quantitative estimate of drug-likeness (QED) is 0.333. The molecule has 1 saturated carbocycles. The second-order valence-electron chi connectivity index (χ2n) is 7.93. The summed E-state index contributed by atoms with van der Waals surface area (Å²) in [6.45, 7) is 2.30. The molecule has 0 N–H and O–H groups in total. The highest BCUT2D eigenvalue weighted by Crippen LogP contribution is 2.45. The van der Waals surface area contributed by atoms with Gasteiger partial charge in [0.15, 0.2) is 0 Å². The number of unbranched alkanes of at least 4 members (excludes halogenated alkanes) is 6. The predicted molar refractivity (Wildman–Crippen MR) is 96.3 cm³/mol. The largest absolute Gasteiger partial charge is 0.275 e. The van der Waals surface area contributed by atoms with Gasteiger partial charge in [0.2, 0.25) is 0 Å². The molecule has 132 valence electrons. The molecule has 3 unspecified atom stereocenters. The molecule has 2 amide bonds. The minimum Gasteiger partial charge on any atom is -0.275 e. The number of carbonyl (C=O) groups excluding carboxylic acids is 2. The third kappa shape index (κ3) is 4.17. The molecule has 24 heavy (non-hydrogen) atoms. The van der Waals surface area contributed by atoms with Crippen LogP contribution in [0.3, 0.4) is 0 Å². The maximum absolute atomic E-state index is 11.7. The molecule has 0 spiro atoms. The molecule has 0 aromatic carbocycles. The van der Waals surface area contributed by atoms with Gasteiger partial charge in [0.1, 0.15) is 0 Å². The molecule has 0 saturated heterocycles. The van der Waals surface area contributed by atoms with Gasteiger partial charge in [0.05, 0.1) is 0 Å². The summed E-state index contributed by atoms with van der Waals surface area (Å²) in [6, 6.07) is 0. The van der Waals surface area contributed by atoms with Crippen molar-refractivity contribution in [3.8, 4) is 0 Å². The van der Waals surface area contributed by atoms with Crippen molar-refractivity contribution in [2.45, 2.75) is 71.1 Å². The Bertz CT molecular complexity index is 534. The van der Waals surface area contributed by atoms with E-state index >= 15 is 0 Å². The molecule has 0 aromatic heterocycles. The van der Waals surface area contributed by atoms with Crippen LogP contribution in [0, 0.1) is 17.8 Å². The average molecular weight is 329 g/mol. The van der Waals surface area contributed by atoms with Crippen molar-refractivity contribution in [3.63, 3.8) is 0 Å². The summed E-state index contributed by atoms with van der Waals surface area (Å²) < 4.78 is 0. The second-order valence-corrected chi connectivity index (χ2v) is 7.93. The molecule has 2 aliphatic carbocycles. The number of rotatable bonds is 10. The van der Waals surface area contributed by atoms with E-state index in [0.29, 0.717) is 12.1 Å². The van der Waals surface area contributed by atoms with Gasteiger partial charge in [-0.25, -0.2) is 0 Å². The first-order valence-corrected chi connectivity index (χ1v) is 9.87. The van der Waals surface area contributed by atoms with Gasteiger partial charge in [0, 0.05) is 18.2 Å². The van der Waals surface area contributed by atoms with E-state index in [-0.39, 0.29) is 11.8 Å². The van der Waals surface area contributed by atoms with Gasteiger partial charge in [-0.2, -0.15) is 0 Å². The average Bonchev–Trinajstić information content (AvgIpc) is 3.24. The molecular weight excluding hydrogens is 298 g/mol. The molecular formula is C21H31NO2. The normalized spacial score (nSPS) is 28.3. The first-order chi connectivity index (χ1) is 11.6. The summed E-state index contributed by atoms with van der Waals surface area (Å²) in [5, 5.41) is 0. The first kappa shape index (κ1) is 17.4. The molecule has 3 aliphatic rings. The van der Waals surface area contributed by atoms with Crippen molar-refractivity contribution < 1.29 is 9.59 Å². The highest BCUT2D eigenvalue weighted by atomic mass is 16.2.